The monoisotopic (exact) mass is 208 g/mol. The van der Waals surface area contributed by atoms with Crippen LogP contribution < -0.4 is 11.2 Å². The van der Waals surface area contributed by atoms with E-state index in [0.717, 1.165) is 5.56 Å². The van der Waals surface area contributed by atoms with Gasteiger partial charge in [-0.3, -0.25) is 9.78 Å². The zero-order valence-electron chi connectivity index (χ0n) is 8.00. The van der Waals surface area contributed by atoms with E-state index in [2.05, 4.69) is 15.5 Å². The van der Waals surface area contributed by atoms with Gasteiger partial charge in [0.05, 0.1) is 12.8 Å². The number of aliphatic hydroxyl groups excluding tert-OH is 1. The summed E-state index contributed by atoms with van der Waals surface area (Å²) < 4.78 is 0. The summed E-state index contributed by atoms with van der Waals surface area (Å²) in [4.78, 5) is 14.9. The summed E-state index contributed by atoms with van der Waals surface area (Å²) in [5, 5.41) is 12.2. The molecule has 6 nitrogen and oxygen atoms in total. The Kier molecular flexibility index (Phi) is 4.39. The maximum atomic E-state index is 11.0. The summed E-state index contributed by atoms with van der Waals surface area (Å²) in [6.45, 7) is -0.408. The first-order valence-corrected chi connectivity index (χ1v) is 4.33. The number of aromatic nitrogens is 1. The Morgan fingerprint density at radius 2 is 2.60 bits per heavy atom. The van der Waals surface area contributed by atoms with Crippen molar-refractivity contribution in [3.63, 3.8) is 0 Å². The summed E-state index contributed by atoms with van der Waals surface area (Å²) >= 11 is 0. The Bertz CT molecular complexity index is 339. The average molecular weight is 208 g/mol. The fourth-order valence-corrected chi connectivity index (χ4v) is 0.789. The van der Waals surface area contributed by atoms with Crippen LogP contribution >= 0.6 is 0 Å². The van der Waals surface area contributed by atoms with E-state index in [9.17, 15) is 4.79 Å². The van der Waals surface area contributed by atoms with Gasteiger partial charge in [-0.1, -0.05) is 6.07 Å². The quantitative estimate of drug-likeness (QED) is 0.429. The molecule has 0 radical (unpaired) electrons. The van der Waals surface area contributed by atoms with Crippen LogP contribution in [0.25, 0.3) is 0 Å². The third kappa shape index (κ3) is 3.84. The minimum Gasteiger partial charge on any atom is -0.394 e. The van der Waals surface area contributed by atoms with Crippen LogP contribution in [0.5, 0.6) is 0 Å². The largest absolute Gasteiger partial charge is 0.394 e. The molecule has 0 aromatic carbocycles. The number of nitrogens with one attached hydrogen (secondary N) is 1. The summed E-state index contributed by atoms with van der Waals surface area (Å²) in [6, 6.07) is 2.59. The Hall–Kier alpha value is -1.79. The fourth-order valence-electron chi connectivity index (χ4n) is 0.789. The van der Waals surface area contributed by atoms with E-state index in [0.29, 0.717) is 0 Å². The minimum atomic E-state index is -0.948. The fraction of sp³-hybridized carbons (Fsp3) is 0.222. The zero-order valence-corrected chi connectivity index (χ0v) is 8.00. The van der Waals surface area contributed by atoms with E-state index in [4.69, 9.17) is 10.8 Å². The molecular weight excluding hydrogens is 196 g/mol. The highest BCUT2D eigenvalue weighted by Gasteiger charge is 2.09. The number of nitrogens with zero attached hydrogens (tertiary/aromatic N) is 2. The molecule has 1 heterocycles. The number of carbonyl (C=O) groups is 1. The second-order valence-electron chi connectivity index (χ2n) is 2.81. The molecular formula is C9H12N4O2. The van der Waals surface area contributed by atoms with Crippen LogP contribution in [0.1, 0.15) is 5.56 Å². The van der Waals surface area contributed by atoms with Gasteiger partial charge >= 0.3 is 0 Å². The molecule has 0 aliphatic heterocycles. The highest BCUT2D eigenvalue weighted by molar-refractivity contribution is 5.84. The molecule has 4 N–H and O–H groups in total. The lowest BCUT2D eigenvalue weighted by molar-refractivity contribution is -0.123. The summed E-state index contributed by atoms with van der Waals surface area (Å²) in [5.41, 5.74) is 8.21. The molecule has 1 unspecified atom stereocenters. The van der Waals surface area contributed by atoms with E-state index in [1.54, 1.807) is 24.5 Å². The number of hydrazone groups is 1. The van der Waals surface area contributed by atoms with Crippen LogP contribution in [0.15, 0.2) is 29.6 Å². The first-order chi connectivity index (χ1) is 7.24. The number of carbonyl (C=O) groups excluding carboxylic acids is 1. The van der Waals surface area contributed by atoms with Gasteiger partial charge < -0.3 is 10.8 Å². The molecule has 1 amide bonds. The van der Waals surface area contributed by atoms with Crippen molar-refractivity contribution in [1.82, 2.24) is 10.4 Å². The van der Waals surface area contributed by atoms with Crippen molar-refractivity contribution in [2.45, 2.75) is 6.04 Å². The summed E-state index contributed by atoms with van der Waals surface area (Å²) in [5.74, 6) is -0.530. The van der Waals surface area contributed by atoms with Gasteiger partial charge in [-0.15, -0.1) is 0 Å². The molecule has 0 bridgehead atoms. The summed E-state index contributed by atoms with van der Waals surface area (Å²) in [7, 11) is 0. The number of nitrogens with two attached hydrogens (primary N) is 1. The lowest BCUT2D eigenvalue weighted by atomic mass is 10.3. The van der Waals surface area contributed by atoms with Crippen molar-refractivity contribution < 1.29 is 9.90 Å². The molecule has 1 rings (SSSR count). The number of pyridine rings is 1. The van der Waals surface area contributed by atoms with Gasteiger partial charge in [0, 0.05) is 18.0 Å². The van der Waals surface area contributed by atoms with E-state index < -0.39 is 18.6 Å². The summed E-state index contributed by atoms with van der Waals surface area (Å²) in [6.07, 6.45) is 4.67. The maximum absolute atomic E-state index is 11.0. The first-order valence-electron chi connectivity index (χ1n) is 4.33. The van der Waals surface area contributed by atoms with Gasteiger partial charge in [0.15, 0.2) is 0 Å². The van der Waals surface area contributed by atoms with Crippen LogP contribution in [0, 0.1) is 0 Å². The molecule has 0 saturated heterocycles. The highest BCUT2D eigenvalue weighted by atomic mass is 16.3. The van der Waals surface area contributed by atoms with Gasteiger partial charge in [-0.25, -0.2) is 5.43 Å². The van der Waals surface area contributed by atoms with Crippen LogP contribution in [0.3, 0.4) is 0 Å². The highest BCUT2D eigenvalue weighted by Crippen LogP contribution is 1.89. The molecule has 1 aromatic heterocycles. The SMILES string of the molecule is NC(CO)C(=O)N/N=C/c1cccnc1. The molecule has 0 aliphatic carbocycles. The number of hydrogen-bond donors (Lipinski definition) is 3. The number of rotatable bonds is 4. The van der Waals surface area contributed by atoms with Crippen molar-refractivity contribution in [3.8, 4) is 0 Å². The first kappa shape index (κ1) is 11.3. The Labute approximate surface area is 86.8 Å². The standard InChI is InChI=1S/C9H12N4O2/c10-8(6-14)9(15)13-12-5-7-2-1-3-11-4-7/h1-5,8,14H,6,10H2,(H,13,15)/b12-5+. The zero-order chi connectivity index (χ0) is 11.1. The second-order valence-corrected chi connectivity index (χ2v) is 2.81. The van der Waals surface area contributed by atoms with Gasteiger partial charge in [0.25, 0.3) is 5.91 Å². The Morgan fingerprint density at radius 1 is 1.80 bits per heavy atom. The third-order valence-corrected chi connectivity index (χ3v) is 1.61. The Balaban J connectivity index is 2.44. The van der Waals surface area contributed by atoms with E-state index in [-0.39, 0.29) is 0 Å². The van der Waals surface area contributed by atoms with Crippen molar-refractivity contribution in [3.05, 3.63) is 30.1 Å². The van der Waals surface area contributed by atoms with E-state index in [1.807, 2.05) is 0 Å². The topological polar surface area (TPSA) is 101 Å². The molecule has 80 valence electrons. The van der Waals surface area contributed by atoms with Crippen molar-refractivity contribution in [2.75, 3.05) is 6.61 Å². The van der Waals surface area contributed by atoms with Gasteiger partial charge in [0.2, 0.25) is 0 Å². The third-order valence-electron chi connectivity index (χ3n) is 1.61. The van der Waals surface area contributed by atoms with E-state index >= 15 is 0 Å². The smallest absolute Gasteiger partial charge is 0.259 e. The average Bonchev–Trinajstić information content (AvgIpc) is 2.29. The van der Waals surface area contributed by atoms with E-state index in [1.165, 1.54) is 6.21 Å². The minimum absolute atomic E-state index is 0.408. The Morgan fingerprint density at radius 3 is 3.20 bits per heavy atom. The van der Waals surface area contributed by atoms with Crippen LogP contribution in [-0.2, 0) is 4.79 Å². The molecule has 0 fully saturated rings. The van der Waals surface area contributed by atoms with Gasteiger partial charge in [0.1, 0.15) is 6.04 Å². The predicted molar refractivity (Wildman–Crippen MR) is 55.0 cm³/mol. The molecule has 0 aliphatic rings. The lowest BCUT2D eigenvalue weighted by Gasteiger charge is -2.04. The number of amides is 1. The molecule has 6 heteroatoms. The molecule has 0 saturated carbocycles. The second kappa shape index (κ2) is 5.84. The van der Waals surface area contributed by atoms with Crippen molar-refractivity contribution in [2.24, 2.45) is 10.8 Å². The molecule has 1 atom stereocenters. The van der Waals surface area contributed by atoms with Crippen LogP contribution in [0.4, 0.5) is 0 Å². The lowest BCUT2D eigenvalue weighted by Crippen LogP contribution is -2.40. The number of aliphatic hydroxyl groups is 1. The molecule has 1 aromatic rings. The molecule has 15 heavy (non-hydrogen) atoms. The molecule has 0 spiro atoms. The van der Waals surface area contributed by atoms with Crippen LogP contribution in [0.2, 0.25) is 0 Å². The number of hydrogen-bond acceptors (Lipinski definition) is 5. The normalized spacial score (nSPS) is 12.7. The predicted octanol–water partition coefficient (Wildman–Crippen LogP) is -1.15. The van der Waals surface area contributed by atoms with Crippen molar-refractivity contribution in [1.29, 1.82) is 0 Å². The van der Waals surface area contributed by atoms with Gasteiger partial charge in [-0.05, 0) is 6.07 Å². The van der Waals surface area contributed by atoms with Crippen molar-refractivity contribution >= 4 is 12.1 Å². The van der Waals surface area contributed by atoms with Gasteiger partial charge in [-0.2, -0.15) is 5.10 Å². The van der Waals surface area contributed by atoms with Crippen LogP contribution in [-0.4, -0.2) is 34.9 Å². The maximum Gasteiger partial charge on any atom is 0.259 e.